The number of nitrogens with one attached hydrogen (secondary N) is 1. The summed E-state index contributed by atoms with van der Waals surface area (Å²) in [5.41, 5.74) is 2.33. The van der Waals surface area contributed by atoms with Gasteiger partial charge in [0.1, 0.15) is 0 Å². The monoisotopic (exact) mass is 340 g/mol. The lowest BCUT2D eigenvalue weighted by atomic mass is 9.99. The molecule has 1 heterocycles. The Labute approximate surface area is 148 Å². The molecule has 126 valence electrons. The molecule has 1 saturated heterocycles. The first-order valence-electron chi connectivity index (χ1n) is 8.46. The van der Waals surface area contributed by atoms with E-state index in [9.17, 15) is 4.79 Å². The van der Waals surface area contributed by atoms with Gasteiger partial charge in [-0.2, -0.15) is 0 Å². The smallest absolute Gasteiger partial charge is 0.225 e. The van der Waals surface area contributed by atoms with Crippen LogP contribution in [-0.4, -0.2) is 36.7 Å². The number of rotatable bonds is 6. The van der Waals surface area contributed by atoms with Gasteiger partial charge in [-0.1, -0.05) is 42.5 Å². The average molecular weight is 340 g/mol. The third-order valence-corrected chi connectivity index (χ3v) is 5.38. The van der Waals surface area contributed by atoms with Crippen molar-refractivity contribution in [1.82, 2.24) is 4.90 Å². The van der Waals surface area contributed by atoms with E-state index in [2.05, 4.69) is 40.5 Å². The molecule has 0 saturated carbocycles. The van der Waals surface area contributed by atoms with Crippen molar-refractivity contribution in [2.45, 2.75) is 23.7 Å². The zero-order chi connectivity index (χ0) is 16.8. The lowest BCUT2D eigenvalue weighted by molar-refractivity contribution is -0.116. The fourth-order valence-corrected chi connectivity index (χ4v) is 3.81. The van der Waals surface area contributed by atoms with Crippen molar-refractivity contribution in [3.05, 3.63) is 60.2 Å². The maximum Gasteiger partial charge on any atom is 0.225 e. The van der Waals surface area contributed by atoms with Crippen LogP contribution in [0.15, 0.2) is 59.5 Å². The fourth-order valence-electron chi connectivity index (χ4n) is 3.25. The Hall–Kier alpha value is -1.78. The molecule has 2 aromatic rings. The molecule has 1 amide bonds. The molecule has 1 aliphatic heterocycles. The summed E-state index contributed by atoms with van der Waals surface area (Å²) in [5, 5.41) is 3.04. The largest absolute Gasteiger partial charge is 0.325 e. The molecule has 0 radical (unpaired) electrons. The number of benzene rings is 2. The quantitative estimate of drug-likeness (QED) is 0.799. The Morgan fingerprint density at radius 3 is 2.71 bits per heavy atom. The van der Waals surface area contributed by atoms with Crippen molar-refractivity contribution in [3.8, 4) is 0 Å². The van der Waals surface area contributed by atoms with Gasteiger partial charge in [0.05, 0.1) is 5.69 Å². The Balaban J connectivity index is 1.47. The number of carbonyl (C=O) groups is 1. The SMILES string of the molecule is CSc1ccccc1NC(=O)CCN1CC[C@@H](c2ccccc2)C1. The highest BCUT2D eigenvalue weighted by molar-refractivity contribution is 7.98. The second-order valence-corrected chi connectivity index (χ2v) is 7.04. The van der Waals surface area contributed by atoms with Crippen LogP contribution in [0.1, 0.15) is 24.3 Å². The summed E-state index contributed by atoms with van der Waals surface area (Å²) >= 11 is 1.65. The topological polar surface area (TPSA) is 32.3 Å². The first-order valence-corrected chi connectivity index (χ1v) is 9.69. The van der Waals surface area contributed by atoms with Gasteiger partial charge in [0.15, 0.2) is 0 Å². The molecule has 3 rings (SSSR count). The molecule has 0 aromatic heterocycles. The number of thioether (sulfide) groups is 1. The summed E-state index contributed by atoms with van der Waals surface area (Å²) < 4.78 is 0. The summed E-state index contributed by atoms with van der Waals surface area (Å²) in [4.78, 5) is 15.7. The number of para-hydroxylation sites is 1. The molecular weight excluding hydrogens is 316 g/mol. The summed E-state index contributed by atoms with van der Waals surface area (Å²) in [6.45, 7) is 2.96. The van der Waals surface area contributed by atoms with Crippen LogP contribution in [0.25, 0.3) is 0 Å². The summed E-state index contributed by atoms with van der Waals surface area (Å²) in [6, 6.07) is 18.6. The molecule has 0 unspecified atom stereocenters. The van der Waals surface area contributed by atoms with Gasteiger partial charge in [-0.3, -0.25) is 4.79 Å². The van der Waals surface area contributed by atoms with Crippen LogP contribution in [0, 0.1) is 0 Å². The number of likely N-dealkylation sites (tertiary alicyclic amines) is 1. The molecule has 1 fully saturated rings. The van der Waals surface area contributed by atoms with E-state index in [0.29, 0.717) is 12.3 Å². The molecule has 24 heavy (non-hydrogen) atoms. The minimum absolute atomic E-state index is 0.0969. The second-order valence-electron chi connectivity index (χ2n) is 6.20. The highest BCUT2D eigenvalue weighted by Gasteiger charge is 2.23. The first-order chi connectivity index (χ1) is 11.8. The van der Waals surface area contributed by atoms with Crippen LogP contribution >= 0.6 is 11.8 Å². The zero-order valence-corrected chi connectivity index (χ0v) is 14.9. The Bertz CT molecular complexity index is 674. The van der Waals surface area contributed by atoms with Crippen molar-refractivity contribution >= 4 is 23.4 Å². The molecule has 1 aliphatic rings. The van der Waals surface area contributed by atoms with Crippen LogP contribution < -0.4 is 5.32 Å². The third kappa shape index (κ3) is 4.40. The Kier molecular flexibility index (Phi) is 5.94. The molecule has 0 spiro atoms. The van der Waals surface area contributed by atoms with Crippen molar-refractivity contribution in [3.63, 3.8) is 0 Å². The first kappa shape index (κ1) is 17.1. The zero-order valence-electron chi connectivity index (χ0n) is 14.1. The molecular formula is C20H24N2OS. The van der Waals surface area contributed by atoms with E-state index >= 15 is 0 Å². The van der Waals surface area contributed by atoms with Gasteiger partial charge in [0, 0.05) is 24.4 Å². The number of hydrogen-bond acceptors (Lipinski definition) is 3. The van der Waals surface area contributed by atoms with Gasteiger partial charge in [-0.25, -0.2) is 0 Å². The Morgan fingerprint density at radius 1 is 1.17 bits per heavy atom. The second kappa shape index (κ2) is 8.36. The van der Waals surface area contributed by atoms with Crippen LogP contribution in [-0.2, 0) is 4.79 Å². The summed E-state index contributed by atoms with van der Waals surface area (Å²) in [6.07, 6.45) is 3.75. The van der Waals surface area contributed by atoms with Crippen LogP contribution in [0.3, 0.4) is 0 Å². The number of carbonyl (C=O) groups excluding carboxylic acids is 1. The molecule has 3 nitrogen and oxygen atoms in total. The maximum absolute atomic E-state index is 12.2. The van der Waals surface area contributed by atoms with E-state index in [1.54, 1.807) is 11.8 Å². The maximum atomic E-state index is 12.2. The van der Waals surface area contributed by atoms with E-state index in [-0.39, 0.29) is 5.91 Å². The minimum Gasteiger partial charge on any atom is -0.325 e. The van der Waals surface area contributed by atoms with Gasteiger partial charge >= 0.3 is 0 Å². The molecule has 0 bridgehead atoms. The number of hydrogen-bond donors (Lipinski definition) is 1. The van der Waals surface area contributed by atoms with Crippen LogP contribution in [0.2, 0.25) is 0 Å². The van der Waals surface area contributed by atoms with Crippen molar-refractivity contribution in [2.24, 2.45) is 0 Å². The van der Waals surface area contributed by atoms with Crippen molar-refractivity contribution in [2.75, 3.05) is 31.2 Å². The van der Waals surface area contributed by atoms with Crippen LogP contribution in [0.4, 0.5) is 5.69 Å². The minimum atomic E-state index is 0.0969. The molecule has 4 heteroatoms. The summed E-state index contributed by atoms with van der Waals surface area (Å²) in [5.74, 6) is 0.700. The number of amides is 1. The van der Waals surface area contributed by atoms with Gasteiger partial charge in [-0.05, 0) is 42.8 Å². The fraction of sp³-hybridized carbons (Fsp3) is 0.350. The van der Waals surface area contributed by atoms with E-state index in [1.165, 1.54) is 12.0 Å². The summed E-state index contributed by atoms with van der Waals surface area (Å²) in [7, 11) is 0. The van der Waals surface area contributed by atoms with E-state index in [0.717, 1.165) is 30.2 Å². The molecule has 2 aromatic carbocycles. The van der Waals surface area contributed by atoms with E-state index in [1.807, 2.05) is 30.5 Å². The molecule has 1 atom stereocenters. The van der Waals surface area contributed by atoms with Crippen LogP contribution in [0.5, 0.6) is 0 Å². The lowest BCUT2D eigenvalue weighted by Crippen LogP contribution is -2.25. The Morgan fingerprint density at radius 2 is 1.92 bits per heavy atom. The van der Waals surface area contributed by atoms with Gasteiger partial charge in [-0.15, -0.1) is 11.8 Å². The van der Waals surface area contributed by atoms with Gasteiger partial charge in [0.2, 0.25) is 5.91 Å². The molecule has 0 aliphatic carbocycles. The van der Waals surface area contributed by atoms with Crippen molar-refractivity contribution < 1.29 is 4.79 Å². The highest BCUT2D eigenvalue weighted by atomic mass is 32.2. The predicted molar refractivity (Wildman–Crippen MR) is 102 cm³/mol. The van der Waals surface area contributed by atoms with Crippen molar-refractivity contribution in [1.29, 1.82) is 0 Å². The highest BCUT2D eigenvalue weighted by Crippen LogP contribution is 2.27. The predicted octanol–water partition coefficient (Wildman–Crippen LogP) is 4.23. The van der Waals surface area contributed by atoms with E-state index < -0.39 is 0 Å². The van der Waals surface area contributed by atoms with Gasteiger partial charge < -0.3 is 10.2 Å². The normalized spacial score (nSPS) is 17.8. The van der Waals surface area contributed by atoms with E-state index in [4.69, 9.17) is 0 Å². The number of nitrogens with zero attached hydrogens (tertiary/aromatic N) is 1. The molecule has 1 N–H and O–H groups in total. The van der Waals surface area contributed by atoms with Gasteiger partial charge in [0.25, 0.3) is 0 Å². The average Bonchev–Trinajstić information content (AvgIpc) is 3.10. The number of anilines is 1. The third-order valence-electron chi connectivity index (χ3n) is 4.58. The standard InChI is InChI=1S/C20H24N2OS/c1-24-19-10-6-5-9-18(19)21-20(23)12-14-22-13-11-17(15-22)16-7-3-2-4-8-16/h2-10,17H,11-15H2,1H3,(H,21,23)/t17-/m1/s1. The lowest BCUT2D eigenvalue weighted by Gasteiger charge is -2.16.